The standard InChI is InChI=1S/C15H21ClN2O/c1-18(2)14-6-4-3-5-13(14)17-15(19)11-7-9-12(16)10-8-11/h7-10,13-14H,3-6H2,1-2H3,(H,17,19)/t13-,14-/m1/s1. The number of halogens is 1. The number of hydrogen-bond donors (Lipinski definition) is 1. The maximum absolute atomic E-state index is 12.2. The molecule has 0 saturated heterocycles. The smallest absolute Gasteiger partial charge is 0.251 e. The third-order valence-electron chi connectivity index (χ3n) is 3.82. The lowest BCUT2D eigenvalue weighted by molar-refractivity contribution is 0.0883. The number of likely N-dealkylation sites (N-methyl/N-ethyl adjacent to an activating group) is 1. The van der Waals surface area contributed by atoms with Gasteiger partial charge in [0, 0.05) is 22.7 Å². The van der Waals surface area contributed by atoms with Crippen molar-refractivity contribution in [1.29, 1.82) is 0 Å². The molecule has 0 radical (unpaired) electrons. The second-order valence-electron chi connectivity index (χ2n) is 5.40. The molecule has 19 heavy (non-hydrogen) atoms. The summed E-state index contributed by atoms with van der Waals surface area (Å²) >= 11 is 5.83. The molecule has 1 aliphatic rings. The molecule has 1 saturated carbocycles. The lowest BCUT2D eigenvalue weighted by Crippen LogP contribution is -2.51. The zero-order valence-electron chi connectivity index (χ0n) is 11.5. The average Bonchev–Trinajstić information content (AvgIpc) is 2.39. The largest absolute Gasteiger partial charge is 0.348 e. The van der Waals surface area contributed by atoms with Gasteiger partial charge in [-0.1, -0.05) is 24.4 Å². The van der Waals surface area contributed by atoms with Gasteiger partial charge in [0.15, 0.2) is 0 Å². The number of rotatable bonds is 3. The van der Waals surface area contributed by atoms with E-state index in [4.69, 9.17) is 11.6 Å². The number of benzene rings is 1. The molecule has 0 aromatic heterocycles. The third kappa shape index (κ3) is 3.71. The van der Waals surface area contributed by atoms with Gasteiger partial charge in [0.25, 0.3) is 5.91 Å². The van der Waals surface area contributed by atoms with Crippen LogP contribution in [0, 0.1) is 0 Å². The Balaban J connectivity index is 2.02. The first kappa shape index (κ1) is 14.4. The highest BCUT2D eigenvalue weighted by molar-refractivity contribution is 6.30. The highest BCUT2D eigenvalue weighted by atomic mass is 35.5. The first-order valence-corrected chi connectivity index (χ1v) is 7.18. The molecule has 1 aromatic carbocycles. The minimum atomic E-state index is -0.00424. The monoisotopic (exact) mass is 280 g/mol. The van der Waals surface area contributed by atoms with Crippen molar-refractivity contribution in [3.05, 3.63) is 34.9 Å². The van der Waals surface area contributed by atoms with E-state index in [1.54, 1.807) is 24.3 Å². The van der Waals surface area contributed by atoms with Gasteiger partial charge in [-0.05, 0) is 51.2 Å². The van der Waals surface area contributed by atoms with E-state index in [-0.39, 0.29) is 11.9 Å². The van der Waals surface area contributed by atoms with E-state index in [0.717, 1.165) is 12.8 Å². The number of carbonyl (C=O) groups excluding carboxylic acids is 1. The summed E-state index contributed by atoms with van der Waals surface area (Å²) in [5.74, 6) is -0.00424. The summed E-state index contributed by atoms with van der Waals surface area (Å²) in [6.45, 7) is 0. The Kier molecular flexibility index (Phi) is 4.83. The van der Waals surface area contributed by atoms with E-state index in [1.807, 2.05) is 0 Å². The van der Waals surface area contributed by atoms with Crippen molar-refractivity contribution < 1.29 is 4.79 Å². The first-order chi connectivity index (χ1) is 9.08. The predicted molar refractivity (Wildman–Crippen MR) is 78.6 cm³/mol. The average molecular weight is 281 g/mol. The maximum atomic E-state index is 12.2. The van der Waals surface area contributed by atoms with Crippen LogP contribution in [-0.4, -0.2) is 37.0 Å². The van der Waals surface area contributed by atoms with Gasteiger partial charge in [0.2, 0.25) is 0 Å². The zero-order valence-corrected chi connectivity index (χ0v) is 12.3. The summed E-state index contributed by atoms with van der Waals surface area (Å²) in [5.41, 5.74) is 0.674. The number of amides is 1. The molecule has 0 unspecified atom stereocenters. The van der Waals surface area contributed by atoms with Crippen LogP contribution in [0.2, 0.25) is 5.02 Å². The Morgan fingerprint density at radius 3 is 2.47 bits per heavy atom. The lowest BCUT2D eigenvalue weighted by atomic mass is 9.89. The highest BCUT2D eigenvalue weighted by Crippen LogP contribution is 2.22. The van der Waals surface area contributed by atoms with Gasteiger partial charge in [0.05, 0.1) is 0 Å². The number of nitrogens with zero attached hydrogens (tertiary/aromatic N) is 1. The topological polar surface area (TPSA) is 32.3 Å². The van der Waals surface area contributed by atoms with Crippen LogP contribution in [0.1, 0.15) is 36.0 Å². The molecule has 1 N–H and O–H groups in total. The van der Waals surface area contributed by atoms with Crippen LogP contribution in [0.15, 0.2) is 24.3 Å². The van der Waals surface area contributed by atoms with Crippen LogP contribution in [0.3, 0.4) is 0 Å². The van der Waals surface area contributed by atoms with Crippen molar-refractivity contribution in [1.82, 2.24) is 10.2 Å². The molecule has 0 spiro atoms. The van der Waals surface area contributed by atoms with Crippen LogP contribution in [-0.2, 0) is 0 Å². The van der Waals surface area contributed by atoms with Crippen molar-refractivity contribution in [2.75, 3.05) is 14.1 Å². The summed E-state index contributed by atoms with van der Waals surface area (Å²) < 4.78 is 0. The van der Waals surface area contributed by atoms with E-state index < -0.39 is 0 Å². The molecule has 2 rings (SSSR count). The summed E-state index contributed by atoms with van der Waals surface area (Å²) in [5, 5.41) is 3.82. The Hall–Kier alpha value is -1.06. The summed E-state index contributed by atoms with van der Waals surface area (Å²) in [7, 11) is 4.16. The van der Waals surface area contributed by atoms with Gasteiger partial charge in [0.1, 0.15) is 0 Å². The molecular weight excluding hydrogens is 260 g/mol. The minimum Gasteiger partial charge on any atom is -0.348 e. The molecule has 1 fully saturated rings. The molecule has 104 valence electrons. The van der Waals surface area contributed by atoms with Crippen LogP contribution in [0.5, 0.6) is 0 Å². The molecule has 0 bridgehead atoms. The predicted octanol–water partition coefficient (Wildman–Crippen LogP) is 2.94. The fourth-order valence-corrected chi connectivity index (χ4v) is 2.88. The Morgan fingerprint density at radius 2 is 1.84 bits per heavy atom. The minimum absolute atomic E-state index is 0.00424. The van der Waals surface area contributed by atoms with E-state index in [1.165, 1.54) is 12.8 Å². The first-order valence-electron chi connectivity index (χ1n) is 6.81. The van der Waals surface area contributed by atoms with Gasteiger partial charge >= 0.3 is 0 Å². The van der Waals surface area contributed by atoms with Gasteiger partial charge in [-0.3, -0.25) is 4.79 Å². The van der Waals surface area contributed by atoms with Crippen molar-refractivity contribution in [2.24, 2.45) is 0 Å². The molecule has 2 atom stereocenters. The molecule has 4 heteroatoms. The van der Waals surface area contributed by atoms with Crippen molar-refractivity contribution in [3.63, 3.8) is 0 Å². The van der Waals surface area contributed by atoms with Gasteiger partial charge in [-0.25, -0.2) is 0 Å². The van der Waals surface area contributed by atoms with Gasteiger partial charge < -0.3 is 10.2 Å². The Labute approximate surface area is 119 Å². The Bertz CT molecular complexity index is 430. The number of carbonyl (C=O) groups is 1. The Morgan fingerprint density at radius 1 is 1.21 bits per heavy atom. The van der Waals surface area contributed by atoms with Crippen LogP contribution in [0.25, 0.3) is 0 Å². The van der Waals surface area contributed by atoms with E-state index in [2.05, 4.69) is 24.3 Å². The summed E-state index contributed by atoms with van der Waals surface area (Å²) in [6.07, 6.45) is 4.65. The molecule has 1 aromatic rings. The van der Waals surface area contributed by atoms with Gasteiger partial charge in [-0.2, -0.15) is 0 Å². The van der Waals surface area contributed by atoms with Crippen LogP contribution >= 0.6 is 11.6 Å². The van der Waals surface area contributed by atoms with E-state index in [9.17, 15) is 4.79 Å². The highest BCUT2D eigenvalue weighted by Gasteiger charge is 2.28. The SMILES string of the molecule is CN(C)[C@@H]1CCCC[C@H]1NC(=O)c1ccc(Cl)cc1. The molecule has 0 aliphatic heterocycles. The second kappa shape index (κ2) is 6.40. The number of nitrogens with one attached hydrogen (secondary N) is 1. The molecule has 3 nitrogen and oxygen atoms in total. The molecule has 1 amide bonds. The fraction of sp³-hybridized carbons (Fsp3) is 0.533. The van der Waals surface area contributed by atoms with E-state index in [0.29, 0.717) is 16.6 Å². The second-order valence-corrected chi connectivity index (χ2v) is 5.84. The molecule has 0 heterocycles. The third-order valence-corrected chi connectivity index (χ3v) is 4.07. The quantitative estimate of drug-likeness (QED) is 0.923. The van der Waals surface area contributed by atoms with Crippen molar-refractivity contribution >= 4 is 17.5 Å². The maximum Gasteiger partial charge on any atom is 0.251 e. The summed E-state index contributed by atoms with van der Waals surface area (Å²) in [6, 6.07) is 7.72. The zero-order chi connectivity index (χ0) is 13.8. The van der Waals surface area contributed by atoms with Crippen molar-refractivity contribution in [3.8, 4) is 0 Å². The fourth-order valence-electron chi connectivity index (χ4n) is 2.75. The van der Waals surface area contributed by atoms with Gasteiger partial charge in [-0.15, -0.1) is 0 Å². The summed E-state index contributed by atoms with van der Waals surface area (Å²) in [4.78, 5) is 14.4. The lowest BCUT2D eigenvalue weighted by Gasteiger charge is -2.36. The van der Waals surface area contributed by atoms with Crippen LogP contribution < -0.4 is 5.32 Å². The molecule has 1 aliphatic carbocycles. The normalized spacial score (nSPS) is 23.4. The molecular formula is C15H21ClN2O. The van der Waals surface area contributed by atoms with Crippen molar-refractivity contribution in [2.45, 2.75) is 37.8 Å². The van der Waals surface area contributed by atoms with Crippen LogP contribution in [0.4, 0.5) is 0 Å². The van der Waals surface area contributed by atoms with E-state index >= 15 is 0 Å². The number of hydrogen-bond acceptors (Lipinski definition) is 2.